The lowest BCUT2D eigenvalue weighted by atomic mass is 10.2. The summed E-state index contributed by atoms with van der Waals surface area (Å²) in [7, 11) is 1.51. The number of carbonyl (C=O) groups excluding carboxylic acids is 2. The smallest absolute Gasteiger partial charge is 0.226 e. The van der Waals surface area contributed by atoms with Crippen LogP contribution in [0.2, 0.25) is 0 Å². The molecule has 0 aliphatic heterocycles. The van der Waals surface area contributed by atoms with Crippen molar-refractivity contribution in [1.82, 2.24) is 0 Å². The Hall–Kier alpha value is -2.08. The number of hydrogen-bond donors (Lipinski definition) is 3. The van der Waals surface area contributed by atoms with E-state index in [2.05, 4.69) is 10.6 Å². The summed E-state index contributed by atoms with van der Waals surface area (Å²) >= 11 is 0. The highest BCUT2D eigenvalue weighted by atomic mass is 16.5. The molecule has 0 saturated heterocycles. The molecule has 1 rings (SSSR count). The van der Waals surface area contributed by atoms with Crippen molar-refractivity contribution < 1.29 is 14.3 Å². The van der Waals surface area contributed by atoms with Crippen LogP contribution in [0.1, 0.15) is 20.3 Å². The van der Waals surface area contributed by atoms with Crippen LogP contribution in [0, 0.1) is 5.92 Å². The van der Waals surface area contributed by atoms with Gasteiger partial charge in [-0.05, 0) is 18.2 Å². The monoisotopic (exact) mass is 279 g/mol. The van der Waals surface area contributed by atoms with Crippen LogP contribution in [-0.2, 0) is 9.59 Å². The van der Waals surface area contributed by atoms with Crippen molar-refractivity contribution in [2.24, 2.45) is 11.7 Å². The summed E-state index contributed by atoms with van der Waals surface area (Å²) in [6.07, 6.45) is 0.228. The molecule has 6 heteroatoms. The molecule has 0 aliphatic carbocycles. The first-order valence-electron chi connectivity index (χ1n) is 6.46. The predicted molar refractivity (Wildman–Crippen MR) is 78.8 cm³/mol. The number of nitrogens with one attached hydrogen (secondary N) is 2. The van der Waals surface area contributed by atoms with E-state index in [9.17, 15) is 9.59 Å². The molecule has 0 heterocycles. The molecule has 110 valence electrons. The Morgan fingerprint density at radius 3 is 2.55 bits per heavy atom. The van der Waals surface area contributed by atoms with Gasteiger partial charge in [0.25, 0.3) is 0 Å². The normalized spacial score (nSPS) is 10.2. The number of nitrogens with two attached hydrogens (primary N) is 1. The number of hydrogen-bond acceptors (Lipinski definition) is 4. The van der Waals surface area contributed by atoms with Gasteiger partial charge in [0, 0.05) is 24.6 Å². The Morgan fingerprint density at radius 1 is 1.30 bits per heavy atom. The lowest BCUT2D eigenvalue weighted by Gasteiger charge is -2.13. The van der Waals surface area contributed by atoms with Crippen molar-refractivity contribution in [3.05, 3.63) is 18.2 Å². The zero-order valence-corrected chi connectivity index (χ0v) is 12.0. The molecule has 20 heavy (non-hydrogen) atoms. The summed E-state index contributed by atoms with van der Waals surface area (Å²) in [5.41, 5.74) is 6.44. The Morgan fingerprint density at radius 2 is 2.00 bits per heavy atom. The Bertz CT molecular complexity index is 487. The molecular formula is C14H21N3O3. The van der Waals surface area contributed by atoms with Gasteiger partial charge in [-0.25, -0.2) is 0 Å². The van der Waals surface area contributed by atoms with Gasteiger partial charge in [-0.2, -0.15) is 0 Å². The highest BCUT2D eigenvalue weighted by molar-refractivity contribution is 5.96. The molecule has 0 atom stereocenters. The predicted octanol–water partition coefficient (Wildman–Crippen LogP) is 1.58. The SMILES string of the molecule is COc1ccc(NC(=O)C(C)C)cc1NC(=O)CCN. The molecule has 0 spiro atoms. The quantitative estimate of drug-likeness (QED) is 0.737. The van der Waals surface area contributed by atoms with Crippen LogP contribution in [0.15, 0.2) is 18.2 Å². The first-order chi connectivity index (χ1) is 9.47. The Balaban J connectivity index is 2.90. The zero-order valence-electron chi connectivity index (χ0n) is 12.0. The fourth-order valence-electron chi connectivity index (χ4n) is 1.51. The van der Waals surface area contributed by atoms with Gasteiger partial charge in [0.15, 0.2) is 0 Å². The first-order valence-corrected chi connectivity index (χ1v) is 6.46. The van der Waals surface area contributed by atoms with Crippen molar-refractivity contribution in [3.63, 3.8) is 0 Å². The van der Waals surface area contributed by atoms with Gasteiger partial charge in [-0.1, -0.05) is 13.8 Å². The third-order valence-electron chi connectivity index (χ3n) is 2.64. The zero-order chi connectivity index (χ0) is 15.1. The van der Waals surface area contributed by atoms with Crippen molar-refractivity contribution in [3.8, 4) is 5.75 Å². The molecular weight excluding hydrogens is 258 g/mol. The Labute approximate surface area is 118 Å². The maximum atomic E-state index is 11.7. The second kappa shape index (κ2) is 7.49. The topological polar surface area (TPSA) is 93.5 Å². The number of methoxy groups -OCH3 is 1. The second-order valence-corrected chi connectivity index (χ2v) is 4.65. The second-order valence-electron chi connectivity index (χ2n) is 4.65. The number of benzene rings is 1. The number of amides is 2. The van der Waals surface area contributed by atoms with Crippen LogP contribution in [0.5, 0.6) is 5.75 Å². The number of rotatable bonds is 6. The summed E-state index contributed by atoms with van der Waals surface area (Å²) in [5.74, 6) is 0.123. The van der Waals surface area contributed by atoms with E-state index in [0.29, 0.717) is 17.1 Å². The maximum Gasteiger partial charge on any atom is 0.226 e. The number of carbonyl (C=O) groups is 2. The van der Waals surface area contributed by atoms with Gasteiger partial charge in [0.1, 0.15) is 5.75 Å². The lowest BCUT2D eigenvalue weighted by molar-refractivity contribution is -0.119. The highest BCUT2D eigenvalue weighted by Crippen LogP contribution is 2.28. The first kappa shape index (κ1) is 16.0. The van der Waals surface area contributed by atoms with E-state index in [1.807, 2.05) is 13.8 Å². The summed E-state index contributed by atoms with van der Waals surface area (Å²) in [4.78, 5) is 23.2. The highest BCUT2D eigenvalue weighted by Gasteiger charge is 2.11. The van der Waals surface area contributed by atoms with Crippen LogP contribution in [0.3, 0.4) is 0 Å². The minimum absolute atomic E-state index is 0.0885. The summed E-state index contributed by atoms with van der Waals surface area (Å²) < 4.78 is 5.17. The van der Waals surface area contributed by atoms with E-state index in [0.717, 1.165) is 0 Å². The van der Waals surface area contributed by atoms with Crippen LogP contribution in [0.4, 0.5) is 11.4 Å². The molecule has 0 aromatic heterocycles. The molecule has 0 aliphatic rings. The molecule has 6 nitrogen and oxygen atoms in total. The maximum absolute atomic E-state index is 11.7. The third kappa shape index (κ3) is 4.55. The third-order valence-corrected chi connectivity index (χ3v) is 2.64. The molecule has 0 saturated carbocycles. The van der Waals surface area contributed by atoms with Crippen LogP contribution < -0.4 is 21.1 Å². The largest absolute Gasteiger partial charge is 0.495 e. The molecule has 1 aromatic rings. The van der Waals surface area contributed by atoms with Gasteiger partial charge in [0.05, 0.1) is 12.8 Å². The molecule has 0 fully saturated rings. The van der Waals surface area contributed by atoms with Gasteiger partial charge in [-0.3, -0.25) is 9.59 Å². The van der Waals surface area contributed by atoms with E-state index in [1.165, 1.54) is 7.11 Å². The van der Waals surface area contributed by atoms with Crippen LogP contribution in [0.25, 0.3) is 0 Å². The number of ether oxygens (including phenoxy) is 1. The fraction of sp³-hybridized carbons (Fsp3) is 0.429. The summed E-state index contributed by atoms with van der Waals surface area (Å²) in [6.45, 7) is 3.89. The van der Waals surface area contributed by atoms with E-state index in [4.69, 9.17) is 10.5 Å². The average molecular weight is 279 g/mol. The van der Waals surface area contributed by atoms with Crippen molar-refractivity contribution in [1.29, 1.82) is 0 Å². The van der Waals surface area contributed by atoms with Crippen LogP contribution in [-0.4, -0.2) is 25.5 Å². The molecule has 2 amide bonds. The van der Waals surface area contributed by atoms with E-state index in [1.54, 1.807) is 18.2 Å². The molecule has 1 aromatic carbocycles. The van der Waals surface area contributed by atoms with E-state index < -0.39 is 0 Å². The van der Waals surface area contributed by atoms with E-state index >= 15 is 0 Å². The molecule has 0 bridgehead atoms. The summed E-state index contributed by atoms with van der Waals surface area (Å²) in [6, 6.07) is 5.07. The van der Waals surface area contributed by atoms with Gasteiger partial charge in [0.2, 0.25) is 11.8 Å². The van der Waals surface area contributed by atoms with Gasteiger partial charge >= 0.3 is 0 Å². The standard InChI is InChI=1S/C14H21N3O3/c1-9(2)14(19)16-10-4-5-12(20-3)11(8-10)17-13(18)6-7-15/h4-5,8-9H,6-7,15H2,1-3H3,(H,16,19)(H,17,18). The lowest BCUT2D eigenvalue weighted by Crippen LogP contribution is -2.19. The minimum Gasteiger partial charge on any atom is -0.495 e. The van der Waals surface area contributed by atoms with Gasteiger partial charge in [-0.15, -0.1) is 0 Å². The van der Waals surface area contributed by atoms with Crippen LogP contribution >= 0.6 is 0 Å². The summed E-state index contributed by atoms with van der Waals surface area (Å²) in [5, 5.41) is 5.48. The van der Waals surface area contributed by atoms with Crippen molar-refractivity contribution in [2.75, 3.05) is 24.3 Å². The fourth-order valence-corrected chi connectivity index (χ4v) is 1.51. The van der Waals surface area contributed by atoms with Crippen molar-refractivity contribution >= 4 is 23.2 Å². The molecule has 4 N–H and O–H groups in total. The number of anilines is 2. The Kier molecular flexibility index (Phi) is 5.99. The van der Waals surface area contributed by atoms with Gasteiger partial charge < -0.3 is 21.1 Å². The van der Waals surface area contributed by atoms with Crippen molar-refractivity contribution in [2.45, 2.75) is 20.3 Å². The average Bonchev–Trinajstić information content (AvgIpc) is 2.39. The van der Waals surface area contributed by atoms with E-state index in [-0.39, 0.29) is 30.7 Å². The minimum atomic E-state index is -0.196. The molecule has 0 radical (unpaired) electrons. The molecule has 0 unspecified atom stereocenters.